The van der Waals surface area contributed by atoms with Gasteiger partial charge in [0.15, 0.2) is 0 Å². The lowest BCUT2D eigenvalue weighted by molar-refractivity contribution is 0.200. The molecule has 0 saturated carbocycles. The highest BCUT2D eigenvalue weighted by Gasteiger charge is 2.20. The van der Waals surface area contributed by atoms with Crippen LogP contribution in [0.15, 0.2) is 12.4 Å². The molecule has 1 saturated heterocycles. The van der Waals surface area contributed by atoms with Crippen molar-refractivity contribution in [3.8, 4) is 0 Å². The van der Waals surface area contributed by atoms with E-state index < -0.39 is 0 Å². The molecule has 0 spiro atoms. The second-order valence-corrected chi connectivity index (χ2v) is 3.11. The molecule has 0 aromatic heterocycles. The van der Waals surface area contributed by atoms with Crippen molar-refractivity contribution in [3.05, 3.63) is 12.4 Å². The number of hydrogen-bond donors (Lipinski definition) is 1. The smallest absolute Gasteiger partial charge is 0.0457 e. The maximum atomic E-state index is 3.26. The van der Waals surface area contributed by atoms with Gasteiger partial charge in [0.25, 0.3) is 0 Å². The van der Waals surface area contributed by atoms with E-state index >= 15 is 0 Å². The van der Waals surface area contributed by atoms with E-state index in [1.165, 1.54) is 25.8 Å². The first-order valence-electron chi connectivity index (χ1n) is 4.12. The molecule has 2 aliphatic rings. The highest BCUT2D eigenvalue weighted by Crippen LogP contribution is 2.17. The summed E-state index contributed by atoms with van der Waals surface area (Å²) in [6.45, 7) is 2.42. The third-order valence-corrected chi connectivity index (χ3v) is 2.41. The van der Waals surface area contributed by atoms with E-state index in [9.17, 15) is 0 Å². The van der Waals surface area contributed by atoms with Gasteiger partial charge < -0.3 is 10.2 Å². The van der Waals surface area contributed by atoms with E-state index in [2.05, 4.69) is 22.6 Å². The van der Waals surface area contributed by atoms with Crippen molar-refractivity contribution in [1.82, 2.24) is 10.2 Å². The highest BCUT2D eigenvalue weighted by molar-refractivity contribution is 4.94. The SMILES string of the molecule is C1=CN2CCCCC2CN1. The molecule has 2 nitrogen and oxygen atoms in total. The maximum Gasteiger partial charge on any atom is 0.0457 e. The zero-order valence-electron chi connectivity index (χ0n) is 6.21. The number of fused-ring (bicyclic) bond motifs is 1. The molecule has 56 valence electrons. The Hall–Kier alpha value is -0.660. The van der Waals surface area contributed by atoms with Crippen molar-refractivity contribution in [2.24, 2.45) is 0 Å². The van der Waals surface area contributed by atoms with Crippen LogP contribution in [0.4, 0.5) is 0 Å². The first kappa shape index (κ1) is 6.08. The Morgan fingerprint density at radius 2 is 2.40 bits per heavy atom. The molecule has 2 heterocycles. The average Bonchev–Trinajstić information content (AvgIpc) is 2.05. The van der Waals surface area contributed by atoms with E-state index in [1.54, 1.807) is 0 Å². The highest BCUT2D eigenvalue weighted by atomic mass is 15.2. The van der Waals surface area contributed by atoms with Crippen LogP contribution in [0.2, 0.25) is 0 Å². The number of rotatable bonds is 0. The van der Waals surface area contributed by atoms with Gasteiger partial charge in [-0.2, -0.15) is 0 Å². The molecular weight excluding hydrogens is 124 g/mol. The molecule has 0 radical (unpaired) electrons. The van der Waals surface area contributed by atoms with Gasteiger partial charge in [-0.05, 0) is 19.3 Å². The molecule has 0 amide bonds. The Morgan fingerprint density at radius 1 is 1.40 bits per heavy atom. The largest absolute Gasteiger partial charge is 0.388 e. The van der Waals surface area contributed by atoms with Gasteiger partial charge in [-0.15, -0.1) is 0 Å². The molecule has 10 heavy (non-hydrogen) atoms. The fourth-order valence-electron chi connectivity index (χ4n) is 1.79. The molecule has 2 rings (SSSR count). The summed E-state index contributed by atoms with van der Waals surface area (Å²) in [6, 6.07) is 0.791. The lowest BCUT2D eigenvalue weighted by atomic mass is 10.0. The van der Waals surface area contributed by atoms with Crippen LogP contribution in [-0.2, 0) is 0 Å². The van der Waals surface area contributed by atoms with Gasteiger partial charge >= 0.3 is 0 Å². The van der Waals surface area contributed by atoms with Crippen molar-refractivity contribution in [2.75, 3.05) is 13.1 Å². The molecule has 1 N–H and O–H groups in total. The van der Waals surface area contributed by atoms with E-state index in [-0.39, 0.29) is 0 Å². The summed E-state index contributed by atoms with van der Waals surface area (Å²) in [7, 11) is 0. The summed E-state index contributed by atoms with van der Waals surface area (Å²) >= 11 is 0. The molecule has 1 fully saturated rings. The summed E-state index contributed by atoms with van der Waals surface area (Å²) in [6.07, 6.45) is 8.41. The quantitative estimate of drug-likeness (QED) is 0.535. The second-order valence-electron chi connectivity index (χ2n) is 3.11. The van der Waals surface area contributed by atoms with Crippen molar-refractivity contribution >= 4 is 0 Å². The molecule has 1 atom stereocenters. The van der Waals surface area contributed by atoms with E-state index in [1.807, 2.05) is 0 Å². The van der Waals surface area contributed by atoms with Crippen molar-refractivity contribution in [1.29, 1.82) is 0 Å². The molecule has 0 aromatic carbocycles. The minimum Gasteiger partial charge on any atom is -0.388 e. The molecular formula is C8H14N2. The second kappa shape index (κ2) is 2.52. The number of nitrogens with zero attached hydrogens (tertiary/aromatic N) is 1. The Morgan fingerprint density at radius 3 is 3.30 bits per heavy atom. The van der Waals surface area contributed by atoms with Crippen molar-refractivity contribution in [3.63, 3.8) is 0 Å². The fourth-order valence-corrected chi connectivity index (χ4v) is 1.79. The van der Waals surface area contributed by atoms with Gasteiger partial charge in [-0.3, -0.25) is 0 Å². The van der Waals surface area contributed by atoms with Gasteiger partial charge in [-0.25, -0.2) is 0 Å². The standard InChI is InChI=1S/C8H14N2/c1-2-5-10-6-4-9-7-8(10)3-1/h4,6,8-9H,1-3,5,7H2. The van der Waals surface area contributed by atoms with Crippen LogP contribution in [-0.4, -0.2) is 24.0 Å². The summed E-state index contributed by atoms with van der Waals surface area (Å²) in [5.74, 6) is 0. The normalized spacial score (nSPS) is 31.2. The molecule has 0 aliphatic carbocycles. The first-order chi connectivity index (χ1) is 4.97. The summed E-state index contributed by atoms with van der Waals surface area (Å²) in [4.78, 5) is 2.46. The maximum absolute atomic E-state index is 3.26. The Balaban J connectivity index is 2.03. The zero-order chi connectivity index (χ0) is 6.81. The summed E-state index contributed by atoms with van der Waals surface area (Å²) in [5, 5.41) is 3.26. The van der Waals surface area contributed by atoms with Crippen LogP contribution in [0.25, 0.3) is 0 Å². The third-order valence-electron chi connectivity index (χ3n) is 2.41. The van der Waals surface area contributed by atoms with Gasteiger partial charge in [-0.1, -0.05) is 0 Å². The minimum atomic E-state index is 0.791. The summed E-state index contributed by atoms with van der Waals surface area (Å²) < 4.78 is 0. The Bertz CT molecular complexity index is 142. The minimum absolute atomic E-state index is 0.791. The molecule has 0 aromatic rings. The zero-order valence-corrected chi connectivity index (χ0v) is 6.21. The Labute approximate surface area is 61.9 Å². The topological polar surface area (TPSA) is 15.3 Å². The van der Waals surface area contributed by atoms with Gasteiger partial charge in [0.2, 0.25) is 0 Å². The first-order valence-corrected chi connectivity index (χ1v) is 4.12. The van der Waals surface area contributed by atoms with E-state index in [0.29, 0.717) is 0 Å². The third kappa shape index (κ3) is 0.981. The molecule has 2 aliphatic heterocycles. The number of hydrogen-bond acceptors (Lipinski definition) is 2. The molecule has 2 heteroatoms. The van der Waals surface area contributed by atoms with Crippen LogP contribution in [0.1, 0.15) is 19.3 Å². The monoisotopic (exact) mass is 138 g/mol. The summed E-state index contributed by atoms with van der Waals surface area (Å²) in [5.41, 5.74) is 0. The number of piperidine rings is 1. The predicted molar refractivity (Wildman–Crippen MR) is 41.5 cm³/mol. The van der Waals surface area contributed by atoms with E-state index in [0.717, 1.165) is 12.6 Å². The van der Waals surface area contributed by atoms with Gasteiger partial charge in [0.1, 0.15) is 0 Å². The number of nitrogens with one attached hydrogen (secondary N) is 1. The van der Waals surface area contributed by atoms with Crippen molar-refractivity contribution in [2.45, 2.75) is 25.3 Å². The average molecular weight is 138 g/mol. The van der Waals surface area contributed by atoms with Gasteiger partial charge in [0.05, 0.1) is 0 Å². The molecule has 0 bridgehead atoms. The fraction of sp³-hybridized carbons (Fsp3) is 0.750. The van der Waals surface area contributed by atoms with Gasteiger partial charge in [0, 0.05) is 31.5 Å². The lowest BCUT2D eigenvalue weighted by Crippen LogP contribution is -2.44. The van der Waals surface area contributed by atoms with E-state index in [4.69, 9.17) is 0 Å². The van der Waals surface area contributed by atoms with Crippen LogP contribution in [0.5, 0.6) is 0 Å². The van der Waals surface area contributed by atoms with Crippen LogP contribution >= 0.6 is 0 Å². The lowest BCUT2D eigenvalue weighted by Gasteiger charge is -2.37. The van der Waals surface area contributed by atoms with Crippen LogP contribution in [0, 0.1) is 0 Å². The predicted octanol–water partition coefficient (Wildman–Crippen LogP) is 0.915. The molecule has 1 unspecified atom stereocenters. The van der Waals surface area contributed by atoms with Crippen molar-refractivity contribution < 1.29 is 0 Å². The van der Waals surface area contributed by atoms with Crippen LogP contribution < -0.4 is 5.32 Å². The van der Waals surface area contributed by atoms with Crippen LogP contribution in [0.3, 0.4) is 0 Å². The Kier molecular flexibility index (Phi) is 1.53.